The Morgan fingerprint density at radius 2 is 1.81 bits per heavy atom. The zero-order valence-corrected chi connectivity index (χ0v) is 21.3. The van der Waals surface area contributed by atoms with Gasteiger partial charge in [-0.1, -0.05) is 20.8 Å². The molecule has 0 amide bonds. The molecule has 4 atom stereocenters. The largest absolute Gasteiger partial charge is 0.481 e. The summed E-state index contributed by atoms with van der Waals surface area (Å²) in [6.07, 6.45) is -1.86. The van der Waals surface area contributed by atoms with E-state index in [1.54, 1.807) is 19.9 Å². The lowest BCUT2D eigenvalue weighted by molar-refractivity contribution is -0.250. The van der Waals surface area contributed by atoms with Gasteiger partial charge in [-0.3, -0.25) is 0 Å². The van der Waals surface area contributed by atoms with Crippen LogP contribution in [0.4, 0.5) is 0 Å². The minimum absolute atomic E-state index is 0.0402. The molecule has 3 rings (SSSR count). The van der Waals surface area contributed by atoms with Crippen molar-refractivity contribution in [2.24, 2.45) is 0 Å². The van der Waals surface area contributed by atoms with Gasteiger partial charge in [-0.25, -0.2) is 0 Å². The Kier molecular flexibility index (Phi) is 6.65. The highest BCUT2D eigenvalue weighted by molar-refractivity contribution is 6.74. The van der Waals surface area contributed by atoms with Crippen LogP contribution in [0.5, 0.6) is 11.9 Å². The highest BCUT2D eigenvalue weighted by Crippen LogP contribution is 2.44. The summed E-state index contributed by atoms with van der Waals surface area (Å²) in [6.45, 7) is 14.7. The first-order valence-corrected chi connectivity index (χ1v) is 13.5. The van der Waals surface area contributed by atoms with Crippen molar-refractivity contribution >= 4 is 8.32 Å². The van der Waals surface area contributed by atoms with Crippen molar-refractivity contribution in [3.05, 3.63) is 11.8 Å². The first kappa shape index (κ1) is 24.9. The van der Waals surface area contributed by atoms with Crippen LogP contribution in [0, 0.1) is 11.8 Å². The molecule has 0 aromatic carbocycles. The monoisotopic (exact) mass is 466 g/mol. The van der Waals surface area contributed by atoms with E-state index < -0.39 is 38.2 Å². The van der Waals surface area contributed by atoms with Crippen LogP contribution in [0.1, 0.15) is 40.3 Å². The van der Waals surface area contributed by atoms with Gasteiger partial charge in [0.05, 0.1) is 20.8 Å². The molecule has 2 fully saturated rings. The van der Waals surface area contributed by atoms with Crippen LogP contribution >= 0.6 is 0 Å². The van der Waals surface area contributed by atoms with Gasteiger partial charge in [-0.05, 0) is 43.8 Å². The SMILES string of the molecule is COc1cc(C#CC2(O)O[C@H](CO[Si](C)(C)C(C)(C)C)[C@H]3OC(C)(C)O[C@H]32)nc(OC)n1. The summed E-state index contributed by atoms with van der Waals surface area (Å²) in [5, 5.41) is 11.4. The number of hydrogen-bond donors (Lipinski definition) is 1. The third-order valence-electron chi connectivity index (χ3n) is 6.07. The lowest BCUT2D eigenvalue weighted by Gasteiger charge is -2.37. The van der Waals surface area contributed by atoms with Gasteiger partial charge in [-0.15, -0.1) is 0 Å². The quantitative estimate of drug-likeness (QED) is 0.518. The van der Waals surface area contributed by atoms with Crippen LogP contribution in [0.2, 0.25) is 18.1 Å². The Morgan fingerprint density at radius 1 is 1.12 bits per heavy atom. The molecule has 0 spiro atoms. The maximum atomic E-state index is 11.3. The van der Waals surface area contributed by atoms with E-state index in [9.17, 15) is 5.11 Å². The molecule has 1 N–H and O–H groups in total. The van der Waals surface area contributed by atoms with Gasteiger partial charge in [0.15, 0.2) is 20.2 Å². The summed E-state index contributed by atoms with van der Waals surface area (Å²) in [4.78, 5) is 8.22. The van der Waals surface area contributed by atoms with Gasteiger partial charge in [-0.2, -0.15) is 9.97 Å². The van der Waals surface area contributed by atoms with Crippen molar-refractivity contribution in [3.8, 4) is 23.7 Å². The van der Waals surface area contributed by atoms with Gasteiger partial charge in [0.25, 0.3) is 5.79 Å². The zero-order valence-electron chi connectivity index (χ0n) is 20.3. The Morgan fingerprint density at radius 3 is 2.41 bits per heavy atom. The van der Waals surface area contributed by atoms with Crippen molar-refractivity contribution in [2.45, 2.75) is 82.6 Å². The van der Waals surface area contributed by atoms with Gasteiger partial charge < -0.3 is 33.2 Å². The Labute approximate surface area is 190 Å². The summed E-state index contributed by atoms with van der Waals surface area (Å²) in [5.74, 6) is 3.12. The number of hydrogen-bond acceptors (Lipinski definition) is 9. The smallest absolute Gasteiger partial charge is 0.320 e. The van der Waals surface area contributed by atoms with E-state index >= 15 is 0 Å². The Bertz CT molecular complexity index is 884. The number of ether oxygens (including phenoxy) is 5. The summed E-state index contributed by atoms with van der Waals surface area (Å²) < 4.78 is 34.6. The number of aliphatic hydroxyl groups is 1. The van der Waals surface area contributed by atoms with Gasteiger partial charge in [0, 0.05) is 6.07 Å². The van der Waals surface area contributed by atoms with Crippen LogP contribution in [-0.2, 0) is 18.6 Å². The van der Waals surface area contributed by atoms with Gasteiger partial charge in [0.1, 0.15) is 17.9 Å². The summed E-state index contributed by atoms with van der Waals surface area (Å²) in [6, 6.07) is 1.65. The normalized spacial score (nSPS) is 29.2. The molecule has 2 saturated heterocycles. The maximum Gasteiger partial charge on any atom is 0.320 e. The van der Waals surface area contributed by atoms with E-state index in [1.165, 1.54) is 14.2 Å². The summed E-state index contributed by atoms with van der Waals surface area (Å²) >= 11 is 0. The van der Waals surface area contributed by atoms with Crippen molar-refractivity contribution < 1.29 is 33.2 Å². The number of aromatic nitrogens is 2. The molecule has 9 nitrogen and oxygen atoms in total. The molecular weight excluding hydrogens is 432 g/mol. The van der Waals surface area contributed by atoms with Crippen molar-refractivity contribution in [1.29, 1.82) is 0 Å². The highest BCUT2D eigenvalue weighted by atomic mass is 28.4. The molecule has 3 heterocycles. The lowest BCUT2D eigenvalue weighted by Crippen LogP contribution is -2.44. The third kappa shape index (κ3) is 5.08. The zero-order chi connectivity index (χ0) is 23.9. The number of methoxy groups -OCH3 is 2. The molecule has 0 aliphatic carbocycles. The number of rotatable bonds is 5. The van der Waals surface area contributed by atoms with E-state index in [-0.39, 0.29) is 17.7 Å². The lowest BCUT2D eigenvalue weighted by atomic mass is 10.1. The van der Waals surface area contributed by atoms with Crippen LogP contribution in [0.25, 0.3) is 0 Å². The molecule has 2 aliphatic heterocycles. The van der Waals surface area contributed by atoms with Crippen molar-refractivity contribution in [1.82, 2.24) is 9.97 Å². The van der Waals surface area contributed by atoms with Crippen LogP contribution in [-0.4, -0.2) is 74.1 Å². The fourth-order valence-corrected chi connectivity index (χ4v) is 4.30. The van der Waals surface area contributed by atoms with Crippen LogP contribution in [0.15, 0.2) is 6.07 Å². The molecular formula is C22H34N2O7Si. The number of nitrogens with zero attached hydrogens (tertiary/aromatic N) is 2. The molecule has 0 bridgehead atoms. The molecule has 0 saturated carbocycles. The predicted molar refractivity (Wildman–Crippen MR) is 119 cm³/mol. The molecule has 10 heteroatoms. The maximum absolute atomic E-state index is 11.3. The summed E-state index contributed by atoms with van der Waals surface area (Å²) in [5.41, 5.74) is 0.307. The highest BCUT2D eigenvalue weighted by Gasteiger charge is 2.62. The number of fused-ring (bicyclic) bond motifs is 1. The Balaban J connectivity index is 1.86. The first-order chi connectivity index (χ1) is 14.7. The second-order valence-corrected chi connectivity index (χ2v) is 14.8. The van der Waals surface area contributed by atoms with Gasteiger partial charge >= 0.3 is 6.01 Å². The molecule has 1 unspecified atom stereocenters. The predicted octanol–water partition coefficient (Wildman–Crippen LogP) is 2.47. The van der Waals surface area contributed by atoms with E-state index in [0.29, 0.717) is 11.6 Å². The van der Waals surface area contributed by atoms with E-state index in [2.05, 4.69) is 55.7 Å². The molecule has 0 radical (unpaired) electrons. The topological polar surface area (TPSA) is 101 Å². The minimum Gasteiger partial charge on any atom is -0.481 e. The average molecular weight is 467 g/mol. The Hall–Kier alpha value is -1.74. The standard InChI is InChI=1S/C22H34N2O7Si/c1-20(2,3)32(8,9)28-13-15-17-18(31-21(4,5)30-17)22(25,29-15)11-10-14-12-16(26-6)24-19(23-14)27-7/h12,15,17-18,25H,13H2,1-9H3/t15-,17-,18-,22?/m1/s1. The average Bonchev–Trinajstić information content (AvgIpc) is 3.16. The molecule has 2 aliphatic rings. The third-order valence-corrected chi connectivity index (χ3v) is 10.6. The second kappa shape index (κ2) is 8.55. The van der Waals surface area contributed by atoms with E-state index in [0.717, 1.165) is 0 Å². The van der Waals surface area contributed by atoms with Crippen LogP contribution in [0.3, 0.4) is 0 Å². The van der Waals surface area contributed by atoms with Gasteiger partial charge in [0.2, 0.25) is 5.88 Å². The second-order valence-electron chi connectivity index (χ2n) is 9.98. The first-order valence-electron chi connectivity index (χ1n) is 10.6. The van der Waals surface area contributed by atoms with Crippen molar-refractivity contribution in [2.75, 3.05) is 20.8 Å². The fourth-order valence-electron chi connectivity index (χ4n) is 3.28. The van der Waals surface area contributed by atoms with Crippen molar-refractivity contribution in [3.63, 3.8) is 0 Å². The molecule has 178 valence electrons. The molecule has 32 heavy (non-hydrogen) atoms. The minimum atomic E-state index is -2.03. The molecule has 1 aromatic rings. The summed E-state index contributed by atoms with van der Waals surface area (Å²) in [7, 11) is 0.900. The molecule has 1 aromatic heterocycles. The van der Waals surface area contributed by atoms with Crippen LogP contribution < -0.4 is 9.47 Å². The fraction of sp³-hybridized carbons (Fsp3) is 0.727. The van der Waals surface area contributed by atoms with E-state index in [4.69, 9.17) is 28.1 Å². The van der Waals surface area contributed by atoms with E-state index in [1.807, 2.05) is 0 Å².